The van der Waals surface area contributed by atoms with Gasteiger partial charge in [0.15, 0.2) is 0 Å². The quantitative estimate of drug-likeness (QED) is 0.610. The van der Waals surface area contributed by atoms with Gasteiger partial charge in [0.05, 0.1) is 13.3 Å². The zero-order valence-corrected chi connectivity index (χ0v) is 6.45. The van der Waals surface area contributed by atoms with E-state index >= 15 is 0 Å². The van der Waals surface area contributed by atoms with Gasteiger partial charge in [0.1, 0.15) is 5.75 Å². The van der Waals surface area contributed by atoms with Gasteiger partial charge in [-0.2, -0.15) is 0 Å². The minimum Gasteiger partial charge on any atom is -0.497 e. The van der Waals surface area contributed by atoms with Gasteiger partial charge in [-0.25, -0.2) is 0 Å². The number of methoxy groups -OCH3 is 1. The van der Waals surface area contributed by atoms with Gasteiger partial charge < -0.3 is 16.2 Å². The fourth-order valence-corrected chi connectivity index (χ4v) is 0.826. The van der Waals surface area contributed by atoms with Crippen molar-refractivity contribution in [2.24, 2.45) is 11.5 Å². The van der Waals surface area contributed by atoms with E-state index in [1.807, 2.05) is 24.3 Å². The molecule has 0 aromatic heterocycles. The average Bonchev–Trinajstić information content (AvgIpc) is 2.05. The number of nitrogens with two attached hydrogens (primary N) is 2. The molecule has 11 heavy (non-hydrogen) atoms. The van der Waals surface area contributed by atoms with E-state index in [-0.39, 0.29) is 0 Å². The summed E-state index contributed by atoms with van der Waals surface area (Å²) in [5, 5.41) is 0. The molecule has 60 valence electrons. The molecule has 3 nitrogen and oxygen atoms in total. The van der Waals surface area contributed by atoms with Crippen molar-refractivity contribution in [1.82, 2.24) is 0 Å². The Hall–Kier alpha value is -1.06. The van der Waals surface area contributed by atoms with Crippen molar-refractivity contribution >= 4 is 0 Å². The van der Waals surface area contributed by atoms with Crippen LogP contribution in [0.25, 0.3) is 0 Å². The predicted octanol–water partition coefficient (Wildman–Crippen LogP) is 0.611. The first-order chi connectivity index (χ1) is 5.24. The van der Waals surface area contributed by atoms with Crippen molar-refractivity contribution in [2.75, 3.05) is 7.11 Å². The first kappa shape index (κ1) is 8.04. The number of ether oxygens (including phenoxy) is 1. The van der Waals surface area contributed by atoms with Crippen LogP contribution in [0, 0.1) is 0 Å². The first-order valence-electron chi connectivity index (χ1n) is 3.39. The fourth-order valence-electron chi connectivity index (χ4n) is 0.826. The Bertz CT molecular complexity index is 218. The molecular formula is C8H12N2O. The molecule has 1 aromatic carbocycles. The summed E-state index contributed by atoms with van der Waals surface area (Å²) < 4.78 is 4.97. The molecule has 1 rings (SSSR count). The Morgan fingerprint density at radius 2 is 1.73 bits per heavy atom. The second-order valence-electron chi connectivity index (χ2n) is 2.30. The third-order valence-corrected chi connectivity index (χ3v) is 1.50. The molecule has 0 saturated carbocycles. The maximum atomic E-state index is 5.44. The van der Waals surface area contributed by atoms with Crippen LogP contribution in [0.5, 0.6) is 5.75 Å². The minimum atomic E-state index is -0.402. The lowest BCUT2D eigenvalue weighted by Crippen LogP contribution is -2.19. The summed E-state index contributed by atoms with van der Waals surface area (Å²) in [7, 11) is 1.62. The third kappa shape index (κ3) is 1.93. The highest BCUT2D eigenvalue weighted by Crippen LogP contribution is 2.12. The summed E-state index contributed by atoms with van der Waals surface area (Å²) >= 11 is 0. The molecule has 0 heterocycles. The zero-order valence-electron chi connectivity index (χ0n) is 6.45. The van der Waals surface area contributed by atoms with Crippen LogP contribution in [0.3, 0.4) is 0 Å². The van der Waals surface area contributed by atoms with Gasteiger partial charge in [-0.1, -0.05) is 12.1 Å². The Kier molecular flexibility index (Phi) is 2.46. The van der Waals surface area contributed by atoms with E-state index in [1.54, 1.807) is 7.11 Å². The maximum Gasteiger partial charge on any atom is 0.118 e. The van der Waals surface area contributed by atoms with Gasteiger partial charge in [-0.3, -0.25) is 0 Å². The third-order valence-electron chi connectivity index (χ3n) is 1.50. The lowest BCUT2D eigenvalue weighted by atomic mass is 10.2. The Labute approximate surface area is 66.0 Å². The van der Waals surface area contributed by atoms with Crippen LogP contribution in [0.1, 0.15) is 11.7 Å². The summed E-state index contributed by atoms with van der Waals surface area (Å²) in [4.78, 5) is 0. The van der Waals surface area contributed by atoms with Gasteiger partial charge in [0.25, 0.3) is 0 Å². The summed E-state index contributed by atoms with van der Waals surface area (Å²) in [5.74, 6) is 0.814. The second kappa shape index (κ2) is 3.37. The van der Waals surface area contributed by atoms with E-state index in [0.717, 1.165) is 11.3 Å². The number of benzene rings is 1. The van der Waals surface area contributed by atoms with E-state index in [9.17, 15) is 0 Å². The normalized spacial score (nSPS) is 10.2. The van der Waals surface area contributed by atoms with Crippen LogP contribution in [-0.2, 0) is 0 Å². The molecule has 0 aliphatic rings. The first-order valence-corrected chi connectivity index (χ1v) is 3.39. The van der Waals surface area contributed by atoms with Crippen molar-refractivity contribution in [3.8, 4) is 5.75 Å². The van der Waals surface area contributed by atoms with Gasteiger partial charge >= 0.3 is 0 Å². The molecule has 1 aromatic rings. The van der Waals surface area contributed by atoms with E-state index in [4.69, 9.17) is 16.2 Å². The Morgan fingerprint density at radius 1 is 1.18 bits per heavy atom. The van der Waals surface area contributed by atoms with Crippen LogP contribution in [-0.4, -0.2) is 7.11 Å². The summed E-state index contributed by atoms with van der Waals surface area (Å²) in [6.07, 6.45) is -0.402. The molecule has 0 radical (unpaired) electrons. The number of hydrogen-bond donors (Lipinski definition) is 2. The van der Waals surface area contributed by atoms with Crippen molar-refractivity contribution in [3.63, 3.8) is 0 Å². The number of hydrogen-bond acceptors (Lipinski definition) is 3. The van der Waals surface area contributed by atoms with Crippen molar-refractivity contribution in [3.05, 3.63) is 29.8 Å². The standard InChI is InChI=1S/C8H12N2O/c1-11-7-4-2-6(3-5-7)8(9)10/h2-5,8H,9-10H2,1H3. The lowest BCUT2D eigenvalue weighted by Gasteiger charge is -2.05. The maximum absolute atomic E-state index is 5.44. The molecule has 0 fully saturated rings. The highest BCUT2D eigenvalue weighted by Gasteiger charge is 1.97. The van der Waals surface area contributed by atoms with Crippen LogP contribution in [0.15, 0.2) is 24.3 Å². The summed E-state index contributed by atoms with van der Waals surface area (Å²) in [5.41, 5.74) is 11.8. The van der Waals surface area contributed by atoms with Crippen LogP contribution >= 0.6 is 0 Å². The van der Waals surface area contributed by atoms with Crippen LogP contribution in [0.2, 0.25) is 0 Å². The molecule has 0 amide bonds. The SMILES string of the molecule is COc1ccc(C(N)N)cc1. The minimum absolute atomic E-state index is 0.402. The highest BCUT2D eigenvalue weighted by atomic mass is 16.5. The van der Waals surface area contributed by atoms with E-state index < -0.39 is 6.17 Å². The van der Waals surface area contributed by atoms with Crippen molar-refractivity contribution in [1.29, 1.82) is 0 Å². The zero-order chi connectivity index (χ0) is 8.27. The monoisotopic (exact) mass is 152 g/mol. The predicted molar refractivity (Wildman–Crippen MR) is 44.1 cm³/mol. The average molecular weight is 152 g/mol. The molecule has 0 atom stereocenters. The molecule has 0 saturated heterocycles. The molecule has 3 heteroatoms. The lowest BCUT2D eigenvalue weighted by molar-refractivity contribution is 0.414. The van der Waals surface area contributed by atoms with Gasteiger partial charge in [0.2, 0.25) is 0 Å². The van der Waals surface area contributed by atoms with Crippen molar-refractivity contribution < 1.29 is 4.74 Å². The molecule has 4 N–H and O–H groups in total. The Balaban J connectivity index is 2.83. The summed E-state index contributed by atoms with van der Waals surface area (Å²) in [6.45, 7) is 0. The largest absolute Gasteiger partial charge is 0.497 e. The smallest absolute Gasteiger partial charge is 0.118 e. The van der Waals surface area contributed by atoms with E-state index in [1.165, 1.54) is 0 Å². The summed E-state index contributed by atoms with van der Waals surface area (Å²) in [6, 6.07) is 7.37. The molecule has 0 unspecified atom stereocenters. The molecule has 0 spiro atoms. The van der Waals surface area contributed by atoms with Crippen LogP contribution in [0.4, 0.5) is 0 Å². The van der Waals surface area contributed by atoms with Crippen LogP contribution < -0.4 is 16.2 Å². The number of rotatable bonds is 2. The van der Waals surface area contributed by atoms with Gasteiger partial charge in [0, 0.05) is 0 Å². The molecule has 0 aliphatic heterocycles. The Morgan fingerprint density at radius 3 is 2.09 bits per heavy atom. The molecule has 0 bridgehead atoms. The van der Waals surface area contributed by atoms with E-state index in [0.29, 0.717) is 0 Å². The van der Waals surface area contributed by atoms with Crippen molar-refractivity contribution in [2.45, 2.75) is 6.17 Å². The van der Waals surface area contributed by atoms with Gasteiger partial charge in [-0.15, -0.1) is 0 Å². The molecule has 0 aliphatic carbocycles. The topological polar surface area (TPSA) is 61.3 Å². The fraction of sp³-hybridized carbons (Fsp3) is 0.250. The van der Waals surface area contributed by atoms with Gasteiger partial charge in [-0.05, 0) is 17.7 Å². The van der Waals surface area contributed by atoms with E-state index in [2.05, 4.69) is 0 Å². The second-order valence-corrected chi connectivity index (χ2v) is 2.30. The molecular weight excluding hydrogens is 140 g/mol. The highest BCUT2D eigenvalue weighted by molar-refractivity contribution is 5.28.